The van der Waals surface area contributed by atoms with Gasteiger partial charge in [0.2, 0.25) is 0 Å². The number of benzene rings is 1. The minimum atomic E-state index is 0.518. The molecule has 1 nitrogen and oxygen atoms in total. The van der Waals surface area contributed by atoms with E-state index in [9.17, 15) is 0 Å². The quantitative estimate of drug-likeness (QED) is 0.574. The molecule has 61 valence electrons. The van der Waals surface area contributed by atoms with Crippen molar-refractivity contribution in [3.63, 3.8) is 0 Å². The lowest BCUT2D eigenvalue weighted by atomic mass is 10.1. The Labute approximate surface area is 72.4 Å². The molecule has 0 amide bonds. The summed E-state index contributed by atoms with van der Waals surface area (Å²) < 4.78 is 0. The smallest absolute Gasteiger partial charge is 0.0508 e. The van der Waals surface area contributed by atoms with E-state index in [0.29, 0.717) is 5.92 Å². The fourth-order valence-electron chi connectivity index (χ4n) is 1.51. The summed E-state index contributed by atoms with van der Waals surface area (Å²) in [6.07, 6.45) is 1.95. The van der Waals surface area contributed by atoms with E-state index in [1.54, 1.807) is 0 Å². The Balaban J connectivity index is 2.74. The summed E-state index contributed by atoms with van der Waals surface area (Å²) in [4.78, 5) is 0. The molecule has 1 aromatic carbocycles. The average molecular weight is 158 g/mol. The van der Waals surface area contributed by atoms with Gasteiger partial charge >= 0.3 is 0 Å². The Bertz CT molecular complexity index is 401. The van der Waals surface area contributed by atoms with Crippen molar-refractivity contribution >= 4 is 11.9 Å². The molecule has 1 aliphatic rings. The first-order valence-corrected chi connectivity index (χ1v) is 4.29. The van der Waals surface area contributed by atoms with Gasteiger partial charge in [-0.2, -0.15) is 0 Å². The third-order valence-electron chi connectivity index (χ3n) is 2.13. The van der Waals surface area contributed by atoms with Gasteiger partial charge in [-0.15, -0.1) is 0 Å². The summed E-state index contributed by atoms with van der Waals surface area (Å²) >= 11 is 0. The fourth-order valence-corrected chi connectivity index (χ4v) is 1.51. The Hall–Kier alpha value is -1.24. The van der Waals surface area contributed by atoms with Crippen LogP contribution < -0.4 is 15.8 Å². The molecule has 0 spiro atoms. The van der Waals surface area contributed by atoms with Crippen LogP contribution in [0.15, 0.2) is 24.3 Å². The number of hydrogen-bond acceptors (Lipinski definition) is 0. The fraction of sp³-hybridized carbons (Fsp3) is 0.273. The molecule has 0 saturated heterocycles. The second kappa shape index (κ2) is 2.67. The van der Waals surface area contributed by atoms with Crippen LogP contribution in [-0.2, 0) is 0 Å². The molecule has 2 rings (SSSR count). The van der Waals surface area contributed by atoms with Crippen LogP contribution in [0, 0.1) is 5.92 Å². The second-order valence-electron chi connectivity index (χ2n) is 3.39. The third kappa shape index (κ3) is 1.02. The monoisotopic (exact) mass is 158 g/mol. The van der Waals surface area contributed by atoms with Crippen LogP contribution in [0.1, 0.15) is 13.8 Å². The van der Waals surface area contributed by atoms with Crippen molar-refractivity contribution < 1.29 is 0 Å². The van der Waals surface area contributed by atoms with E-state index in [4.69, 9.17) is 0 Å². The lowest BCUT2D eigenvalue weighted by Gasteiger charge is -2.03. The molecule has 0 fully saturated rings. The van der Waals surface area contributed by atoms with E-state index >= 15 is 0 Å². The predicted octanol–water partition coefficient (Wildman–Crippen LogP) is 0.807. The Morgan fingerprint density at radius 1 is 1.17 bits per heavy atom. The molecule has 0 unspecified atom stereocenters. The van der Waals surface area contributed by atoms with Crippen LogP contribution in [0.2, 0.25) is 0 Å². The van der Waals surface area contributed by atoms with Gasteiger partial charge in [-0.05, 0) is 5.92 Å². The number of hydrogen-bond donors (Lipinski definition) is 0. The summed E-state index contributed by atoms with van der Waals surface area (Å²) in [7, 11) is 0. The van der Waals surface area contributed by atoms with Gasteiger partial charge in [0, 0.05) is 16.6 Å². The molecule has 1 aliphatic heterocycles. The highest BCUT2D eigenvalue weighted by Crippen LogP contribution is 2.07. The molecule has 1 heteroatoms. The van der Waals surface area contributed by atoms with E-state index in [1.165, 1.54) is 16.1 Å². The summed E-state index contributed by atoms with van der Waals surface area (Å²) in [5.41, 5.74) is 1.21. The van der Waals surface area contributed by atoms with E-state index in [0.717, 1.165) is 0 Å². The van der Waals surface area contributed by atoms with Crippen molar-refractivity contribution in [3.05, 3.63) is 34.7 Å². The standard InChI is InChI=1S/C11H12N/c1-8(2)11-10-6-4-3-5-9(10)7-12-11/h3-8H,1-2H3. The maximum Gasteiger partial charge on any atom is 0.0508 e. The number of rotatable bonds is 1. The van der Waals surface area contributed by atoms with Crippen molar-refractivity contribution in [2.24, 2.45) is 5.92 Å². The zero-order valence-corrected chi connectivity index (χ0v) is 7.41. The first-order valence-electron chi connectivity index (χ1n) is 4.29. The van der Waals surface area contributed by atoms with E-state index in [2.05, 4.69) is 37.4 Å². The first kappa shape index (κ1) is 7.41. The molecule has 1 aromatic rings. The largest absolute Gasteiger partial charge is 0.260 e. The van der Waals surface area contributed by atoms with Crippen LogP contribution in [0.4, 0.5) is 0 Å². The third-order valence-corrected chi connectivity index (χ3v) is 2.13. The summed E-state index contributed by atoms with van der Waals surface area (Å²) in [6.45, 7) is 4.35. The Morgan fingerprint density at radius 3 is 2.67 bits per heavy atom. The molecule has 12 heavy (non-hydrogen) atoms. The Kier molecular flexibility index (Phi) is 1.65. The molecular formula is C11H12N. The van der Waals surface area contributed by atoms with Gasteiger partial charge in [-0.25, -0.2) is 0 Å². The molecule has 0 aromatic heterocycles. The molecule has 0 saturated carbocycles. The summed E-state index contributed by atoms with van der Waals surface area (Å²) in [5, 5.41) is 6.94. The van der Waals surface area contributed by atoms with Crippen LogP contribution >= 0.6 is 0 Å². The summed E-state index contributed by atoms with van der Waals surface area (Å²) in [5.74, 6) is 0.518. The highest BCUT2D eigenvalue weighted by Gasteiger charge is 2.08. The lowest BCUT2D eigenvalue weighted by molar-refractivity contribution is 0.812. The van der Waals surface area contributed by atoms with Gasteiger partial charge in [0.25, 0.3) is 0 Å². The van der Waals surface area contributed by atoms with Gasteiger partial charge in [-0.3, -0.25) is 5.32 Å². The zero-order chi connectivity index (χ0) is 8.55. The highest BCUT2D eigenvalue weighted by molar-refractivity contribution is 5.56. The molecule has 1 heterocycles. The molecule has 0 aliphatic carbocycles. The van der Waals surface area contributed by atoms with Gasteiger partial charge in [0.1, 0.15) is 0 Å². The van der Waals surface area contributed by atoms with E-state index in [1.807, 2.05) is 12.3 Å². The van der Waals surface area contributed by atoms with Crippen LogP contribution in [0.5, 0.6) is 0 Å². The van der Waals surface area contributed by atoms with Gasteiger partial charge in [0.15, 0.2) is 0 Å². The minimum Gasteiger partial charge on any atom is -0.260 e. The SMILES string of the molecule is CC(C)C1=c2ccccc2=C[N]1. The maximum atomic E-state index is 4.39. The zero-order valence-electron chi connectivity index (χ0n) is 7.41. The molecule has 0 atom stereocenters. The lowest BCUT2D eigenvalue weighted by Crippen LogP contribution is -2.23. The van der Waals surface area contributed by atoms with Crippen LogP contribution in [0.3, 0.4) is 0 Å². The summed E-state index contributed by atoms with van der Waals surface area (Å²) in [6, 6.07) is 8.36. The van der Waals surface area contributed by atoms with Crippen molar-refractivity contribution in [3.8, 4) is 0 Å². The van der Waals surface area contributed by atoms with Crippen LogP contribution in [-0.4, -0.2) is 0 Å². The van der Waals surface area contributed by atoms with E-state index < -0.39 is 0 Å². The topological polar surface area (TPSA) is 14.1 Å². The molecule has 1 radical (unpaired) electrons. The van der Waals surface area contributed by atoms with Crippen molar-refractivity contribution in [2.75, 3.05) is 0 Å². The molecule has 0 N–H and O–H groups in total. The normalized spacial score (nSPS) is 14.1. The van der Waals surface area contributed by atoms with Gasteiger partial charge in [0.05, 0.1) is 5.70 Å². The molecular weight excluding hydrogens is 146 g/mol. The molecule has 0 bridgehead atoms. The van der Waals surface area contributed by atoms with Crippen molar-refractivity contribution in [1.82, 2.24) is 5.32 Å². The van der Waals surface area contributed by atoms with Crippen molar-refractivity contribution in [2.45, 2.75) is 13.8 Å². The van der Waals surface area contributed by atoms with Gasteiger partial charge < -0.3 is 0 Å². The van der Waals surface area contributed by atoms with Gasteiger partial charge in [-0.1, -0.05) is 38.1 Å². The minimum absolute atomic E-state index is 0.518. The maximum absolute atomic E-state index is 4.39. The predicted molar refractivity (Wildman–Crippen MR) is 50.5 cm³/mol. The second-order valence-corrected chi connectivity index (χ2v) is 3.39. The first-order chi connectivity index (χ1) is 5.79. The van der Waals surface area contributed by atoms with Crippen LogP contribution in [0.25, 0.3) is 11.9 Å². The number of fused-ring (bicyclic) bond motifs is 1. The highest BCUT2D eigenvalue weighted by atomic mass is 14.9. The average Bonchev–Trinajstić information content (AvgIpc) is 2.47. The van der Waals surface area contributed by atoms with E-state index in [-0.39, 0.29) is 0 Å². The number of nitrogens with zero attached hydrogens (tertiary/aromatic N) is 1. The Morgan fingerprint density at radius 2 is 1.92 bits per heavy atom. The van der Waals surface area contributed by atoms with Crippen molar-refractivity contribution in [1.29, 1.82) is 0 Å².